The zero-order valence-electron chi connectivity index (χ0n) is 12.9. The number of aryl methyl sites for hydroxylation is 4. The second kappa shape index (κ2) is 5.24. The molecule has 0 unspecified atom stereocenters. The lowest BCUT2D eigenvalue weighted by Gasteiger charge is -2.06. The molecule has 0 N–H and O–H groups in total. The summed E-state index contributed by atoms with van der Waals surface area (Å²) < 4.78 is 1.95. The first kappa shape index (κ1) is 13.7. The molecule has 0 saturated carbocycles. The molecular weight excluding hydrogens is 262 g/mol. The van der Waals surface area contributed by atoms with Crippen LogP contribution in [0.15, 0.2) is 18.6 Å². The van der Waals surface area contributed by atoms with Crippen molar-refractivity contribution in [3.8, 4) is 11.4 Å². The number of nitrogens with zero attached hydrogens (tertiary/aromatic N) is 5. The third kappa shape index (κ3) is 2.28. The molecule has 0 atom stereocenters. The van der Waals surface area contributed by atoms with E-state index in [4.69, 9.17) is 10.1 Å². The molecular formula is C16H19N5. The third-order valence-corrected chi connectivity index (χ3v) is 3.73. The van der Waals surface area contributed by atoms with Crippen LogP contribution in [0.5, 0.6) is 0 Å². The highest BCUT2D eigenvalue weighted by atomic mass is 15.3. The first-order valence-corrected chi connectivity index (χ1v) is 7.23. The maximum Gasteiger partial charge on any atom is 0.161 e. The van der Waals surface area contributed by atoms with Gasteiger partial charge < -0.3 is 0 Å². The molecule has 0 aliphatic rings. The van der Waals surface area contributed by atoms with Crippen molar-refractivity contribution in [2.75, 3.05) is 0 Å². The van der Waals surface area contributed by atoms with E-state index in [9.17, 15) is 0 Å². The van der Waals surface area contributed by atoms with Crippen molar-refractivity contribution >= 4 is 11.0 Å². The molecule has 0 spiro atoms. The highest BCUT2D eigenvalue weighted by Gasteiger charge is 2.16. The van der Waals surface area contributed by atoms with E-state index < -0.39 is 0 Å². The Hall–Kier alpha value is -2.30. The van der Waals surface area contributed by atoms with E-state index in [1.54, 1.807) is 6.33 Å². The molecule has 0 radical (unpaired) electrons. The molecule has 3 aromatic heterocycles. The first-order valence-electron chi connectivity index (χ1n) is 7.23. The molecule has 5 heteroatoms. The highest BCUT2D eigenvalue weighted by Crippen LogP contribution is 2.28. The minimum Gasteiger partial charge on any atom is -0.251 e. The fraction of sp³-hybridized carbons (Fsp3) is 0.375. The van der Waals surface area contributed by atoms with Crippen LogP contribution in [0.25, 0.3) is 22.4 Å². The van der Waals surface area contributed by atoms with Gasteiger partial charge in [-0.15, -0.1) is 0 Å². The Kier molecular flexibility index (Phi) is 3.41. The van der Waals surface area contributed by atoms with Crippen molar-refractivity contribution in [2.24, 2.45) is 0 Å². The SMILES string of the molecule is CCCn1nc(-c2nc(C)c(C)cc2C)c2cncnc21. The Labute approximate surface area is 124 Å². The van der Waals surface area contributed by atoms with E-state index >= 15 is 0 Å². The van der Waals surface area contributed by atoms with Crippen LogP contribution in [0.1, 0.15) is 30.2 Å². The normalized spacial score (nSPS) is 11.2. The Morgan fingerprint density at radius 3 is 2.67 bits per heavy atom. The second-order valence-corrected chi connectivity index (χ2v) is 5.39. The fourth-order valence-corrected chi connectivity index (χ4v) is 2.54. The summed E-state index contributed by atoms with van der Waals surface area (Å²) in [7, 11) is 0. The van der Waals surface area contributed by atoms with Gasteiger partial charge in [0, 0.05) is 18.4 Å². The third-order valence-electron chi connectivity index (χ3n) is 3.73. The summed E-state index contributed by atoms with van der Waals surface area (Å²) in [6.45, 7) is 9.16. The van der Waals surface area contributed by atoms with E-state index in [0.29, 0.717) is 0 Å². The largest absolute Gasteiger partial charge is 0.251 e. The number of pyridine rings is 1. The van der Waals surface area contributed by atoms with Crippen molar-refractivity contribution in [1.82, 2.24) is 24.7 Å². The first-order chi connectivity index (χ1) is 10.1. The molecule has 21 heavy (non-hydrogen) atoms. The fourth-order valence-electron chi connectivity index (χ4n) is 2.54. The van der Waals surface area contributed by atoms with Gasteiger partial charge in [0.1, 0.15) is 12.0 Å². The van der Waals surface area contributed by atoms with E-state index in [1.807, 2.05) is 17.8 Å². The quantitative estimate of drug-likeness (QED) is 0.739. The maximum absolute atomic E-state index is 4.73. The van der Waals surface area contributed by atoms with Crippen LogP contribution in [-0.4, -0.2) is 24.7 Å². The lowest BCUT2D eigenvalue weighted by atomic mass is 10.1. The predicted molar refractivity (Wildman–Crippen MR) is 83.1 cm³/mol. The van der Waals surface area contributed by atoms with Gasteiger partial charge in [-0.25, -0.2) is 14.6 Å². The molecule has 0 aromatic carbocycles. The van der Waals surface area contributed by atoms with Gasteiger partial charge in [0.2, 0.25) is 0 Å². The van der Waals surface area contributed by atoms with Gasteiger partial charge in [-0.05, 0) is 38.3 Å². The van der Waals surface area contributed by atoms with Crippen LogP contribution >= 0.6 is 0 Å². The maximum atomic E-state index is 4.73. The summed E-state index contributed by atoms with van der Waals surface area (Å²) in [4.78, 5) is 13.3. The van der Waals surface area contributed by atoms with Gasteiger partial charge in [-0.1, -0.05) is 13.0 Å². The van der Waals surface area contributed by atoms with Gasteiger partial charge in [-0.2, -0.15) is 5.10 Å². The minimum absolute atomic E-state index is 0.845. The van der Waals surface area contributed by atoms with Crippen LogP contribution in [0.3, 0.4) is 0 Å². The minimum atomic E-state index is 0.845. The number of hydrogen-bond donors (Lipinski definition) is 0. The summed E-state index contributed by atoms with van der Waals surface area (Å²) in [5, 5.41) is 5.70. The standard InChI is InChI=1S/C16H19N5/c1-5-6-21-16-13(8-17-9-18-16)15(20-21)14-11(3)7-10(2)12(4)19-14/h7-9H,5-6H2,1-4H3. The van der Waals surface area contributed by atoms with E-state index in [-0.39, 0.29) is 0 Å². The predicted octanol–water partition coefficient (Wildman–Crippen LogP) is 3.22. The Balaban J connectivity index is 2.28. The van der Waals surface area contributed by atoms with Gasteiger partial charge in [0.05, 0.1) is 11.1 Å². The van der Waals surface area contributed by atoms with Crippen LogP contribution in [0.2, 0.25) is 0 Å². The Bertz CT molecular complexity index is 804. The Morgan fingerprint density at radius 2 is 1.90 bits per heavy atom. The van der Waals surface area contributed by atoms with Crippen LogP contribution < -0.4 is 0 Å². The van der Waals surface area contributed by atoms with E-state index in [1.165, 1.54) is 5.56 Å². The van der Waals surface area contributed by atoms with Gasteiger partial charge >= 0.3 is 0 Å². The van der Waals surface area contributed by atoms with E-state index in [0.717, 1.165) is 46.6 Å². The molecule has 3 rings (SSSR count). The zero-order valence-corrected chi connectivity index (χ0v) is 12.9. The number of hydrogen-bond acceptors (Lipinski definition) is 4. The number of fused-ring (bicyclic) bond motifs is 1. The lowest BCUT2D eigenvalue weighted by molar-refractivity contribution is 0.618. The monoisotopic (exact) mass is 281 g/mol. The van der Waals surface area contributed by atoms with Crippen molar-refractivity contribution in [2.45, 2.75) is 40.7 Å². The molecule has 0 saturated heterocycles. The summed E-state index contributed by atoms with van der Waals surface area (Å²) in [6.07, 6.45) is 4.41. The lowest BCUT2D eigenvalue weighted by Crippen LogP contribution is -2.01. The summed E-state index contributed by atoms with van der Waals surface area (Å²) in [5.41, 5.74) is 6.04. The van der Waals surface area contributed by atoms with Crippen molar-refractivity contribution in [3.05, 3.63) is 35.4 Å². The summed E-state index contributed by atoms with van der Waals surface area (Å²) in [5.74, 6) is 0. The average Bonchev–Trinajstić information content (AvgIpc) is 2.83. The van der Waals surface area contributed by atoms with Crippen LogP contribution in [0, 0.1) is 20.8 Å². The highest BCUT2D eigenvalue weighted by molar-refractivity contribution is 5.90. The Morgan fingerprint density at radius 1 is 1.10 bits per heavy atom. The molecule has 5 nitrogen and oxygen atoms in total. The van der Waals surface area contributed by atoms with Crippen molar-refractivity contribution in [1.29, 1.82) is 0 Å². The van der Waals surface area contributed by atoms with Gasteiger partial charge in [0.25, 0.3) is 0 Å². The molecule has 0 fully saturated rings. The second-order valence-electron chi connectivity index (χ2n) is 5.39. The molecule has 3 heterocycles. The van der Waals surface area contributed by atoms with Crippen LogP contribution in [0.4, 0.5) is 0 Å². The number of aromatic nitrogens is 5. The van der Waals surface area contributed by atoms with Crippen molar-refractivity contribution < 1.29 is 0 Å². The smallest absolute Gasteiger partial charge is 0.161 e. The molecule has 0 bridgehead atoms. The zero-order chi connectivity index (χ0) is 15.0. The average molecular weight is 281 g/mol. The molecule has 0 amide bonds. The topological polar surface area (TPSA) is 56.5 Å². The summed E-state index contributed by atoms with van der Waals surface area (Å²) >= 11 is 0. The van der Waals surface area contributed by atoms with Crippen molar-refractivity contribution in [3.63, 3.8) is 0 Å². The summed E-state index contributed by atoms with van der Waals surface area (Å²) in [6, 6.07) is 2.16. The molecule has 108 valence electrons. The van der Waals surface area contributed by atoms with Crippen LogP contribution in [-0.2, 0) is 6.54 Å². The van der Waals surface area contributed by atoms with E-state index in [2.05, 4.69) is 36.8 Å². The number of rotatable bonds is 3. The molecule has 0 aliphatic heterocycles. The molecule has 0 aliphatic carbocycles. The van der Waals surface area contributed by atoms with Gasteiger partial charge in [0.15, 0.2) is 5.65 Å². The molecule has 3 aromatic rings. The van der Waals surface area contributed by atoms with Gasteiger partial charge in [-0.3, -0.25) is 4.98 Å².